The highest BCUT2D eigenvalue weighted by Gasteiger charge is 2.01. The van der Waals surface area contributed by atoms with Crippen LogP contribution in [0.15, 0.2) is 24.3 Å². The van der Waals surface area contributed by atoms with E-state index in [9.17, 15) is 0 Å². The summed E-state index contributed by atoms with van der Waals surface area (Å²) in [4.78, 5) is 2.05. The van der Waals surface area contributed by atoms with Gasteiger partial charge < -0.3 is 16.4 Å². The molecular formula is C9H15N3. The molecule has 0 aliphatic rings. The van der Waals surface area contributed by atoms with E-state index in [0.29, 0.717) is 6.54 Å². The number of para-hydroxylation sites is 2. The van der Waals surface area contributed by atoms with Crippen LogP contribution in [0, 0.1) is 0 Å². The molecule has 1 aromatic rings. The Morgan fingerprint density at radius 2 is 2.00 bits per heavy atom. The largest absolute Gasteiger partial charge is 0.397 e. The minimum atomic E-state index is 0.644. The Morgan fingerprint density at radius 1 is 1.33 bits per heavy atom. The monoisotopic (exact) mass is 165 g/mol. The van der Waals surface area contributed by atoms with Crippen molar-refractivity contribution in [3.05, 3.63) is 24.3 Å². The summed E-state index contributed by atoms with van der Waals surface area (Å²) in [5.74, 6) is 0. The third kappa shape index (κ3) is 1.89. The summed E-state index contributed by atoms with van der Waals surface area (Å²) in [7, 11) is 1.98. The zero-order chi connectivity index (χ0) is 8.97. The van der Waals surface area contributed by atoms with Crippen molar-refractivity contribution in [3.63, 3.8) is 0 Å². The Kier molecular flexibility index (Phi) is 2.94. The first-order valence-electron chi connectivity index (χ1n) is 4.01. The number of hydrogen-bond acceptors (Lipinski definition) is 3. The number of nitrogen functional groups attached to an aromatic ring is 1. The molecule has 0 heterocycles. The van der Waals surface area contributed by atoms with Crippen LogP contribution in [0.2, 0.25) is 0 Å². The molecule has 0 aliphatic carbocycles. The fraction of sp³-hybridized carbons (Fsp3) is 0.333. The fourth-order valence-electron chi connectivity index (χ4n) is 1.15. The maximum Gasteiger partial charge on any atom is 0.0597 e. The summed E-state index contributed by atoms with van der Waals surface area (Å²) in [5.41, 5.74) is 13.0. The molecule has 12 heavy (non-hydrogen) atoms. The molecule has 0 saturated heterocycles. The smallest absolute Gasteiger partial charge is 0.0597 e. The average molecular weight is 165 g/mol. The fourth-order valence-corrected chi connectivity index (χ4v) is 1.15. The van der Waals surface area contributed by atoms with Crippen molar-refractivity contribution in [2.75, 3.05) is 30.8 Å². The highest BCUT2D eigenvalue weighted by Crippen LogP contribution is 2.20. The van der Waals surface area contributed by atoms with Gasteiger partial charge in [-0.15, -0.1) is 0 Å². The van der Waals surface area contributed by atoms with Gasteiger partial charge in [0, 0.05) is 20.1 Å². The molecule has 0 amide bonds. The molecule has 0 aliphatic heterocycles. The van der Waals surface area contributed by atoms with Gasteiger partial charge in [0.15, 0.2) is 0 Å². The van der Waals surface area contributed by atoms with Crippen LogP contribution < -0.4 is 16.4 Å². The van der Waals surface area contributed by atoms with E-state index in [-0.39, 0.29) is 0 Å². The normalized spacial score (nSPS) is 9.83. The van der Waals surface area contributed by atoms with Crippen LogP contribution in [0.5, 0.6) is 0 Å². The molecule has 66 valence electrons. The van der Waals surface area contributed by atoms with E-state index in [2.05, 4.69) is 4.90 Å². The van der Waals surface area contributed by atoms with Crippen LogP contribution in [0.3, 0.4) is 0 Å². The Morgan fingerprint density at radius 3 is 2.58 bits per heavy atom. The quantitative estimate of drug-likeness (QED) is 0.647. The number of likely N-dealkylation sites (N-methyl/N-ethyl adjacent to an activating group) is 1. The minimum absolute atomic E-state index is 0.644. The molecule has 4 N–H and O–H groups in total. The van der Waals surface area contributed by atoms with Crippen molar-refractivity contribution in [1.29, 1.82) is 0 Å². The van der Waals surface area contributed by atoms with Gasteiger partial charge in [0.05, 0.1) is 11.4 Å². The zero-order valence-corrected chi connectivity index (χ0v) is 7.33. The Bertz CT molecular complexity index is 247. The molecule has 0 saturated carbocycles. The molecule has 0 bridgehead atoms. The Hall–Kier alpha value is -1.22. The summed E-state index contributed by atoms with van der Waals surface area (Å²) >= 11 is 0. The van der Waals surface area contributed by atoms with Crippen molar-refractivity contribution in [1.82, 2.24) is 0 Å². The second-order valence-corrected chi connectivity index (χ2v) is 2.77. The highest BCUT2D eigenvalue weighted by atomic mass is 15.1. The lowest BCUT2D eigenvalue weighted by atomic mass is 10.2. The van der Waals surface area contributed by atoms with Gasteiger partial charge in [0.25, 0.3) is 0 Å². The first-order chi connectivity index (χ1) is 5.75. The minimum Gasteiger partial charge on any atom is -0.397 e. The van der Waals surface area contributed by atoms with Gasteiger partial charge in [-0.25, -0.2) is 0 Å². The lowest BCUT2D eigenvalue weighted by molar-refractivity contribution is 0.887. The molecule has 0 radical (unpaired) electrons. The van der Waals surface area contributed by atoms with Crippen LogP contribution in [-0.2, 0) is 0 Å². The van der Waals surface area contributed by atoms with E-state index in [0.717, 1.165) is 17.9 Å². The molecular weight excluding hydrogens is 150 g/mol. The highest BCUT2D eigenvalue weighted by molar-refractivity contribution is 5.66. The molecule has 0 spiro atoms. The Balaban J connectivity index is 2.79. The van der Waals surface area contributed by atoms with Crippen molar-refractivity contribution in [3.8, 4) is 0 Å². The molecule has 0 fully saturated rings. The van der Waals surface area contributed by atoms with Gasteiger partial charge in [-0.2, -0.15) is 0 Å². The van der Waals surface area contributed by atoms with Crippen molar-refractivity contribution < 1.29 is 0 Å². The first-order valence-corrected chi connectivity index (χ1v) is 4.01. The summed E-state index contributed by atoms with van der Waals surface area (Å²) in [6.07, 6.45) is 0. The summed E-state index contributed by atoms with van der Waals surface area (Å²) < 4.78 is 0. The van der Waals surface area contributed by atoms with Crippen LogP contribution in [0.1, 0.15) is 0 Å². The number of benzene rings is 1. The molecule has 0 aromatic heterocycles. The molecule has 1 aromatic carbocycles. The van der Waals surface area contributed by atoms with Crippen molar-refractivity contribution in [2.45, 2.75) is 0 Å². The predicted molar refractivity (Wildman–Crippen MR) is 53.2 cm³/mol. The van der Waals surface area contributed by atoms with Crippen LogP contribution in [-0.4, -0.2) is 20.1 Å². The van der Waals surface area contributed by atoms with E-state index < -0.39 is 0 Å². The van der Waals surface area contributed by atoms with E-state index in [1.54, 1.807) is 0 Å². The number of anilines is 2. The SMILES string of the molecule is CN(CCN)c1ccccc1N. The van der Waals surface area contributed by atoms with Crippen molar-refractivity contribution in [2.24, 2.45) is 5.73 Å². The maximum atomic E-state index is 5.77. The van der Waals surface area contributed by atoms with Crippen LogP contribution >= 0.6 is 0 Å². The second-order valence-electron chi connectivity index (χ2n) is 2.77. The molecule has 3 heteroatoms. The second kappa shape index (κ2) is 3.97. The van der Waals surface area contributed by atoms with Gasteiger partial charge >= 0.3 is 0 Å². The summed E-state index contributed by atoms with van der Waals surface area (Å²) in [6, 6.07) is 7.78. The van der Waals surface area contributed by atoms with E-state index in [4.69, 9.17) is 11.5 Å². The van der Waals surface area contributed by atoms with E-state index in [1.807, 2.05) is 31.3 Å². The lowest BCUT2D eigenvalue weighted by Gasteiger charge is -2.19. The van der Waals surface area contributed by atoms with E-state index in [1.165, 1.54) is 0 Å². The molecule has 0 unspecified atom stereocenters. The third-order valence-corrected chi connectivity index (χ3v) is 1.81. The Labute approximate surface area is 73.0 Å². The average Bonchev–Trinajstić information content (AvgIpc) is 2.05. The van der Waals surface area contributed by atoms with Crippen LogP contribution in [0.25, 0.3) is 0 Å². The lowest BCUT2D eigenvalue weighted by Crippen LogP contribution is -2.25. The van der Waals surface area contributed by atoms with Gasteiger partial charge in [0.1, 0.15) is 0 Å². The number of hydrogen-bond donors (Lipinski definition) is 2. The molecule has 0 atom stereocenters. The summed E-state index contributed by atoms with van der Waals surface area (Å²) in [6.45, 7) is 1.47. The summed E-state index contributed by atoms with van der Waals surface area (Å²) in [5, 5.41) is 0. The standard InChI is InChI=1S/C9H15N3/c1-12(7-6-10)9-5-3-2-4-8(9)11/h2-5H,6-7,10-11H2,1H3. The van der Waals surface area contributed by atoms with Crippen LogP contribution in [0.4, 0.5) is 11.4 Å². The van der Waals surface area contributed by atoms with Gasteiger partial charge in [-0.05, 0) is 12.1 Å². The predicted octanol–water partition coefficient (Wildman–Crippen LogP) is 0.664. The molecule has 3 nitrogen and oxygen atoms in total. The van der Waals surface area contributed by atoms with Crippen molar-refractivity contribution >= 4 is 11.4 Å². The van der Waals surface area contributed by atoms with E-state index >= 15 is 0 Å². The maximum absolute atomic E-state index is 5.77. The number of rotatable bonds is 3. The first kappa shape index (κ1) is 8.87. The third-order valence-electron chi connectivity index (χ3n) is 1.81. The number of nitrogens with two attached hydrogens (primary N) is 2. The zero-order valence-electron chi connectivity index (χ0n) is 7.33. The van der Waals surface area contributed by atoms with Gasteiger partial charge in [0.2, 0.25) is 0 Å². The topological polar surface area (TPSA) is 55.3 Å². The number of nitrogens with zero attached hydrogens (tertiary/aromatic N) is 1. The van der Waals surface area contributed by atoms with Gasteiger partial charge in [-0.1, -0.05) is 12.1 Å². The van der Waals surface area contributed by atoms with Gasteiger partial charge in [-0.3, -0.25) is 0 Å². The molecule has 1 rings (SSSR count).